The molecule has 0 fully saturated rings. The van der Waals surface area contributed by atoms with E-state index in [-0.39, 0.29) is 11.7 Å². The van der Waals surface area contributed by atoms with Crippen LogP contribution in [0, 0.1) is 10.1 Å². The van der Waals surface area contributed by atoms with Crippen LogP contribution in [0.4, 0.5) is 11.6 Å². The van der Waals surface area contributed by atoms with Crippen LogP contribution in [-0.4, -0.2) is 21.0 Å². The van der Waals surface area contributed by atoms with Gasteiger partial charge in [-0.1, -0.05) is 47.6 Å². The quantitative estimate of drug-likeness (QED) is 0.409. The highest BCUT2D eigenvalue weighted by molar-refractivity contribution is 6.04. The van der Waals surface area contributed by atoms with E-state index < -0.39 is 16.7 Å². The van der Waals surface area contributed by atoms with Crippen molar-refractivity contribution in [2.45, 2.75) is 0 Å². The molecule has 2 aromatic carbocycles. The van der Waals surface area contributed by atoms with Crippen molar-refractivity contribution in [3.8, 4) is 22.8 Å². The van der Waals surface area contributed by atoms with Crippen LogP contribution in [0.5, 0.6) is 0 Å². The van der Waals surface area contributed by atoms with Gasteiger partial charge in [-0.15, -0.1) is 0 Å². The Morgan fingerprint density at radius 2 is 1.75 bits per heavy atom. The summed E-state index contributed by atoms with van der Waals surface area (Å²) in [6, 6.07) is 18.5. The molecule has 0 spiro atoms. The summed E-state index contributed by atoms with van der Waals surface area (Å²) in [7, 11) is 0. The molecule has 2 aromatic heterocycles. The van der Waals surface area contributed by atoms with Crippen molar-refractivity contribution < 1.29 is 18.7 Å². The van der Waals surface area contributed by atoms with Gasteiger partial charge in [0.15, 0.2) is 5.76 Å². The first-order valence-corrected chi connectivity index (χ1v) is 8.16. The van der Waals surface area contributed by atoms with E-state index in [0.717, 1.165) is 11.6 Å². The fraction of sp³-hybridized carbons (Fsp3) is 0. The minimum Gasteiger partial charge on any atom is -0.395 e. The van der Waals surface area contributed by atoms with E-state index >= 15 is 0 Å². The first-order valence-electron chi connectivity index (χ1n) is 8.16. The third-order valence-corrected chi connectivity index (χ3v) is 3.86. The maximum Gasteiger partial charge on any atom is 0.433 e. The lowest BCUT2D eigenvalue weighted by molar-refractivity contribution is -0.402. The number of nitrogens with zero attached hydrogens (tertiary/aromatic N) is 3. The molecule has 0 aliphatic carbocycles. The number of furan rings is 1. The van der Waals surface area contributed by atoms with Crippen LogP contribution in [0.1, 0.15) is 10.6 Å². The molecule has 1 N–H and O–H groups in total. The number of carbonyl (C=O) groups is 1. The Labute approximate surface area is 157 Å². The highest BCUT2D eigenvalue weighted by Crippen LogP contribution is 2.29. The van der Waals surface area contributed by atoms with Crippen molar-refractivity contribution in [1.29, 1.82) is 0 Å². The monoisotopic (exact) mass is 376 g/mol. The van der Waals surface area contributed by atoms with Gasteiger partial charge in [0.1, 0.15) is 4.92 Å². The van der Waals surface area contributed by atoms with Crippen LogP contribution in [0.2, 0.25) is 0 Å². The summed E-state index contributed by atoms with van der Waals surface area (Å²) in [6.45, 7) is 0. The molecule has 9 heteroatoms. The lowest BCUT2D eigenvalue weighted by atomic mass is 10.1. The summed E-state index contributed by atoms with van der Waals surface area (Å²) in [6.07, 6.45) is 0. The smallest absolute Gasteiger partial charge is 0.395 e. The molecule has 2 heterocycles. The van der Waals surface area contributed by atoms with E-state index in [0.29, 0.717) is 17.1 Å². The Bertz CT molecular complexity index is 1150. The lowest BCUT2D eigenvalue weighted by Gasteiger charge is -2.06. The Balaban J connectivity index is 1.61. The van der Waals surface area contributed by atoms with Gasteiger partial charge in [-0.05, 0) is 18.2 Å². The van der Waals surface area contributed by atoms with E-state index in [4.69, 9.17) is 8.94 Å². The molecule has 4 aromatic rings. The number of nitrogens with one attached hydrogen (secondary N) is 1. The van der Waals surface area contributed by atoms with E-state index in [2.05, 4.69) is 15.5 Å². The van der Waals surface area contributed by atoms with E-state index in [1.165, 1.54) is 6.07 Å². The number of hydrogen-bond donors (Lipinski definition) is 1. The molecule has 0 radical (unpaired) electrons. The van der Waals surface area contributed by atoms with Gasteiger partial charge in [0.2, 0.25) is 5.82 Å². The summed E-state index contributed by atoms with van der Waals surface area (Å²) in [5.41, 5.74) is 1.70. The molecule has 4 rings (SSSR count). The third kappa shape index (κ3) is 3.36. The SMILES string of the molecule is O=C(Nc1ccccc1-c1nc(-c2ccccc2)no1)c1ccc([N+](=O)[O-])o1. The van der Waals surface area contributed by atoms with Crippen LogP contribution >= 0.6 is 0 Å². The Kier molecular flexibility index (Phi) is 4.38. The largest absolute Gasteiger partial charge is 0.433 e. The van der Waals surface area contributed by atoms with Crippen LogP contribution in [-0.2, 0) is 0 Å². The van der Waals surface area contributed by atoms with E-state index in [9.17, 15) is 14.9 Å². The highest BCUT2D eigenvalue weighted by atomic mass is 16.6. The minimum absolute atomic E-state index is 0.183. The number of benzene rings is 2. The molecule has 138 valence electrons. The fourth-order valence-corrected chi connectivity index (χ4v) is 2.55. The van der Waals surface area contributed by atoms with Crippen molar-refractivity contribution in [2.75, 3.05) is 5.32 Å². The standard InChI is InChI=1S/C19H12N4O5/c24-18(15-10-11-16(27-15)23(25)26)20-14-9-5-4-8-13(14)19-21-17(22-28-19)12-6-2-1-3-7-12/h1-11H,(H,20,24). The fourth-order valence-electron chi connectivity index (χ4n) is 2.55. The van der Waals surface area contributed by atoms with Crippen LogP contribution in [0.15, 0.2) is 75.7 Å². The lowest BCUT2D eigenvalue weighted by Crippen LogP contribution is -2.11. The second kappa shape index (κ2) is 7.16. The molecule has 0 aliphatic rings. The Morgan fingerprint density at radius 1 is 1.00 bits per heavy atom. The second-order valence-electron chi connectivity index (χ2n) is 5.68. The summed E-state index contributed by atoms with van der Waals surface area (Å²) in [5, 5.41) is 17.3. The number of carbonyl (C=O) groups excluding carboxylic acids is 1. The predicted molar refractivity (Wildman–Crippen MR) is 98.5 cm³/mol. The van der Waals surface area contributed by atoms with Crippen LogP contribution in [0.3, 0.4) is 0 Å². The van der Waals surface area contributed by atoms with Crippen molar-refractivity contribution in [3.63, 3.8) is 0 Å². The Hall–Kier alpha value is -4.27. The average Bonchev–Trinajstić information content (AvgIpc) is 3.39. The molecule has 0 atom stereocenters. The molecule has 0 unspecified atom stereocenters. The molecule has 28 heavy (non-hydrogen) atoms. The van der Waals surface area contributed by atoms with Crippen molar-refractivity contribution in [3.05, 3.63) is 82.6 Å². The molecule has 1 amide bonds. The molecular weight excluding hydrogens is 364 g/mol. The average molecular weight is 376 g/mol. The molecule has 0 aliphatic heterocycles. The number of aromatic nitrogens is 2. The van der Waals surface area contributed by atoms with Crippen molar-refractivity contribution in [2.24, 2.45) is 0 Å². The number of anilines is 1. The number of rotatable bonds is 5. The minimum atomic E-state index is -0.714. The van der Waals surface area contributed by atoms with Gasteiger partial charge in [0.25, 0.3) is 11.8 Å². The number of para-hydroxylation sites is 1. The van der Waals surface area contributed by atoms with E-state index in [1.54, 1.807) is 24.3 Å². The normalized spacial score (nSPS) is 10.6. The first-order chi connectivity index (χ1) is 13.6. The van der Waals surface area contributed by atoms with Gasteiger partial charge < -0.3 is 14.3 Å². The maximum atomic E-state index is 12.4. The highest BCUT2D eigenvalue weighted by Gasteiger charge is 2.20. The van der Waals surface area contributed by atoms with Crippen LogP contribution in [0.25, 0.3) is 22.8 Å². The molecule has 0 saturated carbocycles. The zero-order chi connectivity index (χ0) is 19.5. The predicted octanol–water partition coefficient (Wildman–Crippen LogP) is 4.16. The summed E-state index contributed by atoms with van der Waals surface area (Å²) in [4.78, 5) is 26.7. The van der Waals surface area contributed by atoms with Gasteiger partial charge in [-0.25, -0.2) is 0 Å². The van der Waals surface area contributed by atoms with Gasteiger partial charge >= 0.3 is 5.88 Å². The van der Waals surface area contributed by atoms with Gasteiger partial charge in [0, 0.05) is 5.56 Å². The van der Waals surface area contributed by atoms with Crippen molar-refractivity contribution >= 4 is 17.5 Å². The molecule has 0 saturated heterocycles. The topological polar surface area (TPSA) is 124 Å². The van der Waals surface area contributed by atoms with Crippen molar-refractivity contribution in [1.82, 2.24) is 10.1 Å². The van der Waals surface area contributed by atoms with Gasteiger partial charge in [-0.3, -0.25) is 14.9 Å². The second-order valence-corrected chi connectivity index (χ2v) is 5.68. The molecule has 9 nitrogen and oxygen atoms in total. The van der Waals surface area contributed by atoms with Crippen LogP contribution < -0.4 is 5.32 Å². The molecular formula is C19H12N4O5. The maximum absolute atomic E-state index is 12.4. The summed E-state index contributed by atoms with van der Waals surface area (Å²) >= 11 is 0. The molecule has 0 bridgehead atoms. The summed E-state index contributed by atoms with van der Waals surface area (Å²) in [5.74, 6) is -0.693. The number of amides is 1. The third-order valence-electron chi connectivity index (χ3n) is 3.86. The number of nitro groups is 1. The Morgan fingerprint density at radius 3 is 2.50 bits per heavy atom. The van der Waals surface area contributed by atoms with Gasteiger partial charge in [0.05, 0.1) is 17.3 Å². The zero-order valence-corrected chi connectivity index (χ0v) is 14.2. The van der Waals surface area contributed by atoms with E-state index in [1.807, 2.05) is 30.3 Å². The first kappa shape index (κ1) is 17.2. The zero-order valence-electron chi connectivity index (χ0n) is 14.2. The number of hydrogen-bond acceptors (Lipinski definition) is 7. The van der Waals surface area contributed by atoms with Gasteiger partial charge in [-0.2, -0.15) is 4.98 Å². The summed E-state index contributed by atoms with van der Waals surface area (Å²) < 4.78 is 10.3.